The van der Waals surface area contributed by atoms with Gasteiger partial charge in [-0.05, 0) is 24.6 Å². The van der Waals surface area contributed by atoms with Crippen molar-refractivity contribution in [3.63, 3.8) is 0 Å². The van der Waals surface area contributed by atoms with Gasteiger partial charge in [0.05, 0.1) is 25.3 Å². The molecular weight excluding hydrogens is 370 g/mol. The second-order valence-corrected chi connectivity index (χ2v) is 6.79. The number of carbonyl (C=O) groups excluding carboxylic acids is 1. The van der Waals surface area contributed by atoms with Crippen molar-refractivity contribution in [1.29, 1.82) is 0 Å². The smallest absolute Gasteiger partial charge is 0.257 e. The van der Waals surface area contributed by atoms with Crippen LogP contribution in [-0.2, 0) is 4.79 Å². The molecule has 0 radical (unpaired) electrons. The van der Waals surface area contributed by atoms with Crippen LogP contribution in [-0.4, -0.2) is 52.9 Å². The SMILES string of the molecule is COc1ccc(NC(=O)C(C)N2CCC(F)(F)C(c3ccc(=O)[nH]c3)C2)nc1. The molecular formula is C19H22F2N4O3. The fourth-order valence-corrected chi connectivity index (χ4v) is 3.24. The standard InChI is InChI=1S/C19H22F2N4O3/c1-12(18(27)24-16-5-4-14(28-2)10-22-16)25-8-7-19(20,21)15(11-25)13-3-6-17(26)23-9-13/h3-6,9-10,12,15H,7-8,11H2,1-2H3,(H,23,26)(H,22,24,27). The van der Waals surface area contributed by atoms with Gasteiger partial charge < -0.3 is 15.0 Å². The van der Waals surface area contributed by atoms with Gasteiger partial charge in [0.2, 0.25) is 11.5 Å². The maximum absolute atomic E-state index is 14.5. The zero-order valence-corrected chi connectivity index (χ0v) is 15.6. The third-order valence-corrected chi connectivity index (χ3v) is 5.02. The molecule has 2 aromatic rings. The number of pyridine rings is 2. The van der Waals surface area contributed by atoms with Gasteiger partial charge in [-0.25, -0.2) is 13.8 Å². The molecule has 150 valence electrons. The van der Waals surface area contributed by atoms with E-state index in [1.54, 1.807) is 24.0 Å². The average Bonchev–Trinajstić information content (AvgIpc) is 2.69. The molecule has 1 saturated heterocycles. The van der Waals surface area contributed by atoms with Crippen LogP contribution in [0.2, 0.25) is 0 Å². The number of hydrogen-bond donors (Lipinski definition) is 2. The van der Waals surface area contributed by atoms with E-state index in [0.29, 0.717) is 17.1 Å². The van der Waals surface area contributed by atoms with E-state index in [1.807, 2.05) is 0 Å². The van der Waals surface area contributed by atoms with Crippen molar-refractivity contribution in [2.75, 3.05) is 25.5 Å². The molecule has 3 rings (SSSR count). The van der Waals surface area contributed by atoms with Crippen molar-refractivity contribution in [2.24, 2.45) is 0 Å². The van der Waals surface area contributed by atoms with Crippen LogP contribution in [0.4, 0.5) is 14.6 Å². The number of H-pyrrole nitrogens is 1. The summed E-state index contributed by atoms with van der Waals surface area (Å²) in [5, 5.41) is 2.69. The van der Waals surface area contributed by atoms with Crippen LogP contribution in [0.5, 0.6) is 5.75 Å². The molecule has 2 aromatic heterocycles. The zero-order valence-electron chi connectivity index (χ0n) is 15.6. The molecule has 1 fully saturated rings. The topological polar surface area (TPSA) is 87.3 Å². The number of piperidine rings is 1. The number of methoxy groups -OCH3 is 1. The van der Waals surface area contributed by atoms with Crippen LogP contribution in [0.25, 0.3) is 0 Å². The highest BCUT2D eigenvalue weighted by atomic mass is 19.3. The Morgan fingerprint density at radius 2 is 2.18 bits per heavy atom. The molecule has 2 N–H and O–H groups in total. The lowest BCUT2D eigenvalue weighted by atomic mass is 9.87. The molecule has 0 bridgehead atoms. The summed E-state index contributed by atoms with van der Waals surface area (Å²) in [6.07, 6.45) is 2.43. The second kappa shape index (κ2) is 8.05. The summed E-state index contributed by atoms with van der Waals surface area (Å²) in [4.78, 5) is 32.0. The van der Waals surface area contributed by atoms with Crippen LogP contribution in [0.15, 0.2) is 41.5 Å². The highest BCUT2D eigenvalue weighted by Gasteiger charge is 2.46. The molecule has 1 aliphatic heterocycles. The number of nitrogens with one attached hydrogen (secondary N) is 2. The van der Waals surface area contributed by atoms with E-state index in [2.05, 4.69) is 15.3 Å². The minimum Gasteiger partial charge on any atom is -0.495 e. The fourth-order valence-electron chi connectivity index (χ4n) is 3.24. The minimum atomic E-state index is -2.91. The molecule has 1 amide bonds. The number of amides is 1. The average molecular weight is 392 g/mol. The van der Waals surface area contributed by atoms with E-state index in [4.69, 9.17) is 4.74 Å². The largest absolute Gasteiger partial charge is 0.495 e. The number of anilines is 1. The van der Waals surface area contributed by atoms with Gasteiger partial charge in [-0.3, -0.25) is 14.5 Å². The third-order valence-electron chi connectivity index (χ3n) is 5.02. The second-order valence-electron chi connectivity index (χ2n) is 6.79. The van der Waals surface area contributed by atoms with Crippen molar-refractivity contribution in [2.45, 2.75) is 31.2 Å². The summed E-state index contributed by atoms with van der Waals surface area (Å²) in [7, 11) is 1.52. The van der Waals surface area contributed by atoms with E-state index < -0.39 is 17.9 Å². The number of likely N-dealkylation sites (tertiary alicyclic amines) is 1. The monoisotopic (exact) mass is 392 g/mol. The Bertz CT molecular complexity index is 865. The molecule has 28 heavy (non-hydrogen) atoms. The molecule has 9 heteroatoms. The maximum Gasteiger partial charge on any atom is 0.257 e. The van der Waals surface area contributed by atoms with Gasteiger partial charge in [0.1, 0.15) is 11.6 Å². The van der Waals surface area contributed by atoms with Gasteiger partial charge in [0.15, 0.2) is 0 Å². The Morgan fingerprint density at radius 3 is 2.79 bits per heavy atom. The normalized spacial score (nSPS) is 20.4. The number of alkyl halides is 2. The number of halogens is 2. The van der Waals surface area contributed by atoms with Gasteiger partial charge in [0.25, 0.3) is 5.92 Å². The Labute approximate surface area is 160 Å². The fraction of sp³-hybridized carbons (Fsp3) is 0.421. The number of ether oxygens (including phenoxy) is 1. The van der Waals surface area contributed by atoms with E-state index >= 15 is 0 Å². The molecule has 1 aliphatic rings. The summed E-state index contributed by atoms with van der Waals surface area (Å²) in [5.74, 6) is -3.43. The Balaban J connectivity index is 1.70. The Morgan fingerprint density at radius 1 is 1.39 bits per heavy atom. The zero-order chi connectivity index (χ0) is 20.3. The number of aromatic nitrogens is 2. The van der Waals surface area contributed by atoms with Crippen LogP contribution in [0.1, 0.15) is 24.8 Å². The van der Waals surface area contributed by atoms with Crippen molar-refractivity contribution in [3.05, 3.63) is 52.6 Å². The lowest BCUT2D eigenvalue weighted by Crippen LogP contribution is -2.52. The van der Waals surface area contributed by atoms with Crippen molar-refractivity contribution in [3.8, 4) is 5.75 Å². The van der Waals surface area contributed by atoms with Crippen molar-refractivity contribution < 1.29 is 18.3 Å². The summed E-state index contributed by atoms with van der Waals surface area (Å²) in [5.41, 5.74) is -0.00167. The summed E-state index contributed by atoms with van der Waals surface area (Å²) in [6.45, 7) is 1.77. The predicted octanol–water partition coefficient (Wildman–Crippen LogP) is 2.23. The third kappa shape index (κ3) is 4.36. The van der Waals surface area contributed by atoms with E-state index in [1.165, 1.54) is 31.6 Å². The molecule has 0 spiro atoms. The molecule has 0 aliphatic carbocycles. The molecule has 3 heterocycles. The van der Waals surface area contributed by atoms with Gasteiger partial charge in [-0.15, -0.1) is 0 Å². The number of aromatic amines is 1. The van der Waals surface area contributed by atoms with E-state index in [9.17, 15) is 18.4 Å². The highest BCUT2D eigenvalue weighted by molar-refractivity contribution is 5.93. The first-order valence-corrected chi connectivity index (χ1v) is 8.91. The first-order valence-electron chi connectivity index (χ1n) is 8.91. The van der Waals surface area contributed by atoms with Gasteiger partial charge >= 0.3 is 0 Å². The number of hydrogen-bond acceptors (Lipinski definition) is 5. The lowest BCUT2D eigenvalue weighted by molar-refractivity contribution is -0.125. The number of nitrogens with zero attached hydrogens (tertiary/aromatic N) is 2. The first kappa shape index (κ1) is 19.9. The predicted molar refractivity (Wildman–Crippen MR) is 99.8 cm³/mol. The van der Waals surface area contributed by atoms with Gasteiger partial charge in [0, 0.05) is 31.8 Å². The van der Waals surface area contributed by atoms with Crippen LogP contribution in [0.3, 0.4) is 0 Å². The summed E-state index contributed by atoms with van der Waals surface area (Å²) in [6, 6.07) is 5.30. The molecule has 0 aromatic carbocycles. The molecule has 2 unspecified atom stereocenters. The van der Waals surface area contributed by atoms with E-state index in [-0.39, 0.29) is 31.0 Å². The maximum atomic E-state index is 14.5. The van der Waals surface area contributed by atoms with Crippen LogP contribution in [0, 0.1) is 0 Å². The van der Waals surface area contributed by atoms with Gasteiger partial charge in [-0.2, -0.15) is 0 Å². The van der Waals surface area contributed by atoms with E-state index in [0.717, 1.165) is 0 Å². The quantitative estimate of drug-likeness (QED) is 0.815. The molecule has 0 saturated carbocycles. The Kier molecular flexibility index (Phi) is 5.73. The molecule has 7 nitrogen and oxygen atoms in total. The Hall–Kier alpha value is -2.81. The molecule has 2 atom stereocenters. The number of rotatable bonds is 5. The lowest BCUT2D eigenvalue weighted by Gasteiger charge is -2.40. The van der Waals surface area contributed by atoms with Crippen LogP contribution < -0.4 is 15.6 Å². The highest BCUT2D eigenvalue weighted by Crippen LogP contribution is 2.40. The van der Waals surface area contributed by atoms with Gasteiger partial charge in [-0.1, -0.05) is 6.07 Å². The van der Waals surface area contributed by atoms with Crippen molar-refractivity contribution >= 4 is 11.7 Å². The van der Waals surface area contributed by atoms with Crippen LogP contribution >= 0.6 is 0 Å². The summed E-state index contributed by atoms with van der Waals surface area (Å²) >= 11 is 0. The summed E-state index contributed by atoms with van der Waals surface area (Å²) < 4.78 is 34.0. The first-order chi connectivity index (χ1) is 13.3. The number of carbonyl (C=O) groups is 1. The van der Waals surface area contributed by atoms with Crippen molar-refractivity contribution in [1.82, 2.24) is 14.9 Å². The minimum absolute atomic E-state index is 0.00364.